The molecule has 16 heavy (non-hydrogen) atoms. The highest BCUT2D eigenvalue weighted by Crippen LogP contribution is 2.29. The molecule has 0 radical (unpaired) electrons. The summed E-state index contributed by atoms with van der Waals surface area (Å²) >= 11 is 13.4. The van der Waals surface area contributed by atoms with Crippen LogP contribution >= 0.6 is 34.5 Å². The van der Waals surface area contributed by atoms with Crippen molar-refractivity contribution < 1.29 is 4.79 Å². The third-order valence-electron chi connectivity index (χ3n) is 2.91. The number of amides is 1. The molecule has 88 valence electrons. The fraction of sp³-hybridized carbons (Fsp3) is 0.545. The molecule has 1 heterocycles. The molecule has 1 saturated carbocycles. The summed E-state index contributed by atoms with van der Waals surface area (Å²) in [6.45, 7) is 0.654. The topological polar surface area (TPSA) is 29.1 Å². The van der Waals surface area contributed by atoms with Crippen molar-refractivity contribution in [1.82, 2.24) is 5.32 Å². The van der Waals surface area contributed by atoms with E-state index in [1.165, 1.54) is 11.3 Å². The molecule has 1 aliphatic carbocycles. The summed E-state index contributed by atoms with van der Waals surface area (Å²) in [6.07, 6.45) is 3.32. The van der Waals surface area contributed by atoms with Crippen LogP contribution in [-0.4, -0.2) is 17.8 Å². The van der Waals surface area contributed by atoms with Crippen LogP contribution in [-0.2, 0) is 0 Å². The van der Waals surface area contributed by atoms with E-state index in [0.717, 1.165) is 19.3 Å². The van der Waals surface area contributed by atoms with Crippen molar-refractivity contribution >= 4 is 40.4 Å². The molecule has 1 fully saturated rings. The molecule has 1 N–H and O–H groups in total. The molecular weight excluding hydrogens is 265 g/mol. The van der Waals surface area contributed by atoms with Gasteiger partial charge in [-0.2, -0.15) is 0 Å². The first kappa shape index (κ1) is 12.2. The first-order valence-corrected chi connectivity index (χ1v) is 7.03. The number of carbonyl (C=O) groups excluding carboxylic acids is 1. The van der Waals surface area contributed by atoms with E-state index < -0.39 is 0 Å². The maximum atomic E-state index is 11.8. The van der Waals surface area contributed by atoms with Gasteiger partial charge in [0, 0.05) is 11.9 Å². The Kier molecular flexibility index (Phi) is 4.11. The number of halogens is 2. The number of carbonyl (C=O) groups is 1. The normalized spacial score (nSPS) is 24.6. The van der Waals surface area contributed by atoms with Crippen molar-refractivity contribution in [3.63, 3.8) is 0 Å². The van der Waals surface area contributed by atoms with Gasteiger partial charge in [-0.15, -0.1) is 22.9 Å². The number of hydrogen-bond donors (Lipinski definition) is 1. The summed E-state index contributed by atoms with van der Waals surface area (Å²) in [5.41, 5.74) is 0. The lowest BCUT2D eigenvalue weighted by Crippen LogP contribution is -2.30. The maximum absolute atomic E-state index is 11.8. The van der Waals surface area contributed by atoms with Crippen molar-refractivity contribution in [1.29, 1.82) is 0 Å². The predicted octanol–water partition coefficient (Wildman–Crippen LogP) is 3.54. The molecule has 0 aliphatic heterocycles. The average molecular weight is 278 g/mol. The van der Waals surface area contributed by atoms with E-state index in [0.29, 0.717) is 22.4 Å². The van der Waals surface area contributed by atoms with Gasteiger partial charge in [0.25, 0.3) is 5.91 Å². The van der Waals surface area contributed by atoms with Crippen LogP contribution in [0.15, 0.2) is 11.4 Å². The van der Waals surface area contributed by atoms with Gasteiger partial charge in [-0.3, -0.25) is 4.79 Å². The Hall–Kier alpha value is -0.250. The van der Waals surface area contributed by atoms with Crippen LogP contribution < -0.4 is 5.32 Å². The minimum Gasteiger partial charge on any atom is -0.351 e. The second-order valence-electron chi connectivity index (χ2n) is 4.01. The van der Waals surface area contributed by atoms with Crippen LogP contribution in [0.4, 0.5) is 0 Å². The van der Waals surface area contributed by atoms with E-state index in [1.54, 1.807) is 6.07 Å². The molecule has 1 aromatic heterocycles. The minimum atomic E-state index is -0.0873. The van der Waals surface area contributed by atoms with Crippen molar-refractivity contribution in [3.8, 4) is 0 Å². The Balaban J connectivity index is 1.86. The molecule has 1 amide bonds. The predicted molar refractivity (Wildman–Crippen MR) is 68.6 cm³/mol. The summed E-state index contributed by atoms with van der Waals surface area (Å²) in [5, 5.41) is 5.45. The van der Waals surface area contributed by atoms with Crippen molar-refractivity contribution in [2.24, 2.45) is 5.92 Å². The van der Waals surface area contributed by atoms with Crippen LogP contribution in [0.1, 0.15) is 28.9 Å². The lowest BCUT2D eigenvalue weighted by Gasteiger charge is -2.13. The second kappa shape index (κ2) is 5.39. The smallest absolute Gasteiger partial charge is 0.262 e. The number of nitrogens with one attached hydrogen (secondary N) is 1. The zero-order valence-electron chi connectivity index (χ0n) is 8.71. The molecule has 0 aromatic carbocycles. The monoisotopic (exact) mass is 277 g/mol. The Morgan fingerprint density at radius 3 is 2.94 bits per heavy atom. The SMILES string of the molecule is O=C(NCC1CCCC1Cl)c1sccc1Cl. The summed E-state index contributed by atoms with van der Waals surface area (Å²) in [7, 11) is 0. The molecule has 2 unspecified atom stereocenters. The number of alkyl halides is 1. The largest absolute Gasteiger partial charge is 0.351 e. The highest BCUT2D eigenvalue weighted by molar-refractivity contribution is 7.12. The molecule has 0 spiro atoms. The van der Waals surface area contributed by atoms with E-state index in [-0.39, 0.29) is 11.3 Å². The Bertz CT molecular complexity index is 380. The van der Waals surface area contributed by atoms with Gasteiger partial charge >= 0.3 is 0 Å². The third-order valence-corrected chi connectivity index (χ3v) is 4.83. The van der Waals surface area contributed by atoms with Crippen LogP contribution in [0, 0.1) is 5.92 Å². The minimum absolute atomic E-state index is 0.0873. The number of thiophene rings is 1. The average Bonchev–Trinajstić information content (AvgIpc) is 2.84. The summed E-state index contributed by atoms with van der Waals surface area (Å²) in [5.74, 6) is 0.320. The molecule has 1 aromatic rings. The van der Waals surface area contributed by atoms with Crippen molar-refractivity contribution in [2.45, 2.75) is 24.6 Å². The lowest BCUT2D eigenvalue weighted by molar-refractivity contribution is 0.0952. The molecule has 0 saturated heterocycles. The van der Waals surface area contributed by atoms with Crippen LogP contribution in [0.5, 0.6) is 0 Å². The van der Waals surface area contributed by atoms with Gasteiger partial charge in [0.2, 0.25) is 0 Å². The van der Waals surface area contributed by atoms with Crippen LogP contribution in [0.2, 0.25) is 5.02 Å². The molecule has 2 nitrogen and oxygen atoms in total. The van der Waals surface area contributed by atoms with Gasteiger partial charge in [-0.1, -0.05) is 18.0 Å². The van der Waals surface area contributed by atoms with Gasteiger partial charge in [0.15, 0.2) is 0 Å². The molecule has 2 rings (SSSR count). The van der Waals surface area contributed by atoms with Crippen molar-refractivity contribution in [3.05, 3.63) is 21.3 Å². The molecule has 2 atom stereocenters. The third kappa shape index (κ3) is 2.70. The van der Waals surface area contributed by atoms with Gasteiger partial charge in [0.05, 0.1) is 5.02 Å². The van der Waals surface area contributed by atoms with Gasteiger partial charge in [0.1, 0.15) is 4.88 Å². The van der Waals surface area contributed by atoms with E-state index in [1.807, 2.05) is 5.38 Å². The first-order chi connectivity index (χ1) is 7.68. The number of rotatable bonds is 3. The van der Waals surface area contributed by atoms with Crippen LogP contribution in [0.25, 0.3) is 0 Å². The second-order valence-corrected chi connectivity index (χ2v) is 5.90. The fourth-order valence-corrected chi connectivity index (χ4v) is 3.41. The molecule has 1 aliphatic rings. The van der Waals surface area contributed by atoms with E-state index >= 15 is 0 Å². The quantitative estimate of drug-likeness (QED) is 0.842. The van der Waals surface area contributed by atoms with Gasteiger partial charge in [-0.05, 0) is 30.2 Å². The number of hydrogen-bond acceptors (Lipinski definition) is 2. The van der Waals surface area contributed by atoms with Gasteiger partial charge < -0.3 is 5.32 Å². The molecule has 0 bridgehead atoms. The Morgan fingerprint density at radius 1 is 1.56 bits per heavy atom. The fourth-order valence-electron chi connectivity index (χ4n) is 1.98. The maximum Gasteiger partial charge on any atom is 0.262 e. The lowest BCUT2D eigenvalue weighted by atomic mass is 10.1. The summed E-state index contributed by atoms with van der Waals surface area (Å²) < 4.78 is 0. The highest BCUT2D eigenvalue weighted by Gasteiger charge is 2.25. The van der Waals surface area contributed by atoms with Gasteiger partial charge in [-0.25, -0.2) is 0 Å². The van der Waals surface area contributed by atoms with E-state index in [4.69, 9.17) is 23.2 Å². The Morgan fingerprint density at radius 2 is 2.38 bits per heavy atom. The highest BCUT2D eigenvalue weighted by atomic mass is 35.5. The first-order valence-electron chi connectivity index (χ1n) is 5.33. The zero-order valence-corrected chi connectivity index (χ0v) is 11.0. The summed E-state index contributed by atoms with van der Waals surface area (Å²) in [6, 6.07) is 1.74. The molecule has 5 heteroatoms. The van der Waals surface area contributed by atoms with Crippen LogP contribution in [0.3, 0.4) is 0 Å². The molecular formula is C11H13Cl2NOS. The zero-order chi connectivity index (χ0) is 11.5. The summed E-state index contributed by atoms with van der Waals surface area (Å²) in [4.78, 5) is 12.4. The van der Waals surface area contributed by atoms with Crippen molar-refractivity contribution in [2.75, 3.05) is 6.54 Å². The van der Waals surface area contributed by atoms with E-state index in [9.17, 15) is 4.79 Å². The standard InChI is InChI=1S/C11H13Cl2NOS/c12-8-3-1-2-7(8)6-14-11(15)10-9(13)4-5-16-10/h4-5,7-8H,1-3,6H2,(H,14,15). The van der Waals surface area contributed by atoms with E-state index in [2.05, 4.69) is 5.32 Å². The Labute approximate surface area is 109 Å².